The van der Waals surface area contributed by atoms with E-state index in [1.54, 1.807) is 43.5 Å². The number of ether oxygens (including phenoxy) is 2. The molecule has 0 unspecified atom stereocenters. The molecule has 0 fully saturated rings. The zero-order valence-corrected chi connectivity index (χ0v) is 15.9. The fourth-order valence-electron chi connectivity index (χ4n) is 2.29. The number of hydrogen-bond acceptors (Lipinski definition) is 4. The number of hydrogen-bond donors (Lipinski definition) is 2. The van der Waals surface area contributed by atoms with Gasteiger partial charge in [0.1, 0.15) is 11.5 Å². The van der Waals surface area contributed by atoms with Gasteiger partial charge in [-0.05, 0) is 42.8 Å². The molecule has 2 rings (SSSR count). The number of halogens is 1. The first-order chi connectivity index (χ1) is 13.1. The summed E-state index contributed by atoms with van der Waals surface area (Å²) in [5.41, 5.74) is 0.541. The fourth-order valence-corrected chi connectivity index (χ4v) is 2.48. The average Bonchev–Trinajstić information content (AvgIpc) is 2.69. The van der Waals surface area contributed by atoms with Gasteiger partial charge in [0, 0.05) is 25.1 Å². The molecule has 0 spiro atoms. The lowest BCUT2D eigenvalue weighted by atomic mass is 10.2. The second-order valence-corrected chi connectivity index (χ2v) is 6.12. The molecule has 0 aromatic heterocycles. The molecule has 0 heterocycles. The molecule has 0 aliphatic rings. The van der Waals surface area contributed by atoms with E-state index < -0.39 is 0 Å². The molecule has 0 aliphatic carbocycles. The van der Waals surface area contributed by atoms with Crippen LogP contribution in [0.15, 0.2) is 48.5 Å². The van der Waals surface area contributed by atoms with Gasteiger partial charge >= 0.3 is 0 Å². The molecule has 0 saturated heterocycles. The van der Waals surface area contributed by atoms with Crippen LogP contribution in [0.3, 0.4) is 0 Å². The van der Waals surface area contributed by atoms with Crippen molar-refractivity contribution in [1.82, 2.24) is 10.6 Å². The van der Waals surface area contributed by atoms with E-state index in [0.717, 1.165) is 0 Å². The monoisotopic (exact) mass is 390 g/mol. The Morgan fingerprint density at radius 2 is 1.70 bits per heavy atom. The second-order valence-electron chi connectivity index (χ2n) is 5.72. The number of para-hydroxylation sites is 1. The van der Waals surface area contributed by atoms with Crippen molar-refractivity contribution in [2.24, 2.45) is 0 Å². The van der Waals surface area contributed by atoms with Crippen molar-refractivity contribution in [3.8, 4) is 11.5 Å². The molecular formula is C20H23ClN2O4. The van der Waals surface area contributed by atoms with Crippen molar-refractivity contribution in [2.45, 2.75) is 12.8 Å². The summed E-state index contributed by atoms with van der Waals surface area (Å²) >= 11 is 5.99. The van der Waals surface area contributed by atoms with E-state index >= 15 is 0 Å². The Morgan fingerprint density at radius 1 is 1.00 bits per heavy atom. The minimum Gasteiger partial charge on any atom is -0.497 e. The van der Waals surface area contributed by atoms with Crippen LogP contribution < -0.4 is 20.1 Å². The third-order valence-electron chi connectivity index (χ3n) is 3.73. The van der Waals surface area contributed by atoms with Gasteiger partial charge in [-0.3, -0.25) is 9.59 Å². The number of amides is 2. The maximum atomic E-state index is 12.0. The molecule has 27 heavy (non-hydrogen) atoms. The SMILES string of the molecule is COc1ccc(C(=O)NCCNC(=O)CCCOc2ccccc2Cl)cc1. The summed E-state index contributed by atoms with van der Waals surface area (Å²) in [4.78, 5) is 23.8. The third kappa shape index (κ3) is 7.19. The van der Waals surface area contributed by atoms with E-state index in [1.807, 2.05) is 12.1 Å². The Bertz CT molecular complexity index is 750. The number of methoxy groups -OCH3 is 1. The van der Waals surface area contributed by atoms with Gasteiger partial charge < -0.3 is 20.1 Å². The van der Waals surface area contributed by atoms with Crippen molar-refractivity contribution in [3.63, 3.8) is 0 Å². The zero-order chi connectivity index (χ0) is 19.5. The van der Waals surface area contributed by atoms with E-state index in [4.69, 9.17) is 21.1 Å². The minimum atomic E-state index is -0.194. The maximum absolute atomic E-state index is 12.0. The average molecular weight is 391 g/mol. The molecule has 144 valence electrons. The van der Waals surface area contributed by atoms with Crippen LogP contribution in [-0.4, -0.2) is 38.6 Å². The van der Waals surface area contributed by atoms with E-state index in [9.17, 15) is 9.59 Å². The smallest absolute Gasteiger partial charge is 0.251 e. The molecule has 0 bridgehead atoms. The lowest BCUT2D eigenvalue weighted by molar-refractivity contribution is -0.121. The van der Waals surface area contributed by atoms with Crippen molar-refractivity contribution < 1.29 is 19.1 Å². The maximum Gasteiger partial charge on any atom is 0.251 e. The Balaban J connectivity index is 1.56. The van der Waals surface area contributed by atoms with Crippen LogP contribution in [0.1, 0.15) is 23.2 Å². The first kappa shape index (κ1) is 20.6. The summed E-state index contributed by atoms with van der Waals surface area (Å²) in [6, 6.07) is 14.0. The number of nitrogens with one attached hydrogen (secondary N) is 2. The highest BCUT2D eigenvalue weighted by Crippen LogP contribution is 2.23. The van der Waals surface area contributed by atoms with Gasteiger partial charge in [-0.15, -0.1) is 0 Å². The van der Waals surface area contributed by atoms with Gasteiger partial charge in [0.2, 0.25) is 5.91 Å². The van der Waals surface area contributed by atoms with Crippen LogP contribution in [0.4, 0.5) is 0 Å². The molecule has 0 radical (unpaired) electrons. The summed E-state index contributed by atoms with van der Waals surface area (Å²) in [5.74, 6) is 1.02. The number of carbonyl (C=O) groups excluding carboxylic acids is 2. The summed E-state index contributed by atoms with van der Waals surface area (Å²) in [7, 11) is 1.57. The Kier molecular flexibility index (Phi) is 8.45. The number of benzene rings is 2. The molecular weight excluding hydrogens is 368 g/mol. The molecule has 0 saturated carbocycles. The van der Waals surface area contributed by atoms with Crippen LogP contribution in [0.2, 0.25) is 5.02 Å². The zero-order valence-electron chi connectivity index (χ0n) is 15.2. The minimum absolute atomic E-state index is 0.0866. The van der Waals surface area contributed by atoms with E-state index in [0.29, 0.717) is 54.6 Å². The van der Waals surface area contributed by atoms with Crippen molar-refractivity contribution in [1.29, 1.82) is 0 Å². The highest BCUT2D eigenvalue weighted by atomic mass is 35.5. The van der Waals surface area contributed by atoms with Crippen LogP contribution >= 0.6 is 11.6 Å². The van der Waals surface area contributed by atoms with Crippen molar-refractivity contribution in [2.75, 3.05) is 26.8 Å². The van der Waals surface area contributed by atoms with Gasteiger partial charge in [-0.1, -0.05) is 23.7 Å². The predicted molar refractivity (Wildman–Crippen MR) is 105 cm³/mol. The van der Waals surface area contributed by atoms with E-state index in [2.05, 4.69) is 10.6 Å². The normalized spacial score (nSPS) is 10.1. The van der Waals surface area contributed by atoms with Crippen LogP contribution in [-0.2, 0) is 4.79 Å². The molecule has 0 aliphatic heterocycles. The van der Waals surface area contributed by atoms with Crippen LogP contribution in [0.5, 0.6) is 11.5 Å². The summed E-state index contributed by atoms with van der Waals surface area (Å²) in [6.45, 7) is 1.13. The first-order valence-electron chi connectivity index (χ1n) is 8.66. The van der Waals surface area contributed by atoms with Crippen molar-refractivity contribution in [3.05, 3.63) is 59.1 Å². The van der Waals surface area contributed by atoms with Gasteiger partial charge in [0.05, 0.1) is 18.7 Å². The molecule has 2 amide bonds. The Hall–Kier alpha value is -2.73. The summed E-state index contributed by atoms with van der Waals surface area (Å²) in [6.07, 6.45) is 0.923. The quantitative estimate of drug-likeness (QED) is 0.611. The standard InChI is InChI=1S/C20H23ClN2O4/c1-26-16-10-8-15(9-11-16)20(25)23-13-12-22-19(24)7-4-14-27-18-6-3-2-5-17(18)21/h2-3,5-6,8-11H,4,7,12-14H2,1H3,(H,22,24)(H,23,25). The molecule has 2 N–H and O–H groups in total. The Labute approximate surface area is 163 Å². The van der Waals surface area contributed by atoms with Gasteiger partial charge in [-0.25, -0.2) is 0 Å². The Morgan fingerprint density at radius 3 is 2.41 bits per heavy atom. The molecule has 2 aromatic carbocycles. The van der Waals surface area contributed by atoms with Gasteiger partial charge in [-0.2, -0.15) is 0 Å². The van der Waals surface area contributed by atoms with Gasteiger partial charge in [0.25, 0.3) is 5.91 Å². The highest BCUT2D eigenvalue weighted by molar-refractivity contribution is 6.32. The highest BCUT2D eigenvalue weighted by Gasteiger charge is 2.06. The van der Waals surface area contributed by atoms with E-state index in [1.165, 1.54) is 0 Å². The first-order valence-corrected chi connectivity index (χ1v) is 9.04. The number of carbonyl (C=O) groups is 2. The lowest BCUT2D eigenvalue weighted by Crippen LogP contribution is -2.34. The second kappa shape index (κ2) is 11.1. The summed E-state index contributed by atoms with van der Waals surface area (Å²) in [5, 5.41) is 6.07. The topological polar surface area (TPSA) is 76.7 Å². The predicted octanol–water partition coefficient (Wildman–Crippen LogP) is 3.05. The third-order valence-corrected chi connectivity index (χ3v) is 4.04. The fraction of sp³-hybridized carbons (Fsp3) is 0.300. The van der Waals surface area contributed by atoms with E-state index in [-0.39, 0.29) is 11.8 Å². The molecule has 6 nitrogen and oxygen atoms in total. The molecule has 0 atom stereocenters. The van der Waals surface area contributed by atoms with Crippen LogP contribution in [0, 0.1) is 0 Å². The number of rotatable bonds is 10. The summed E-state index contributed by atoms with van der Waals surface area (Å²) < 4.78 is 10.6. The van der Waals surface area contributed by atoms with Gasteiger partial charge in [0.15, 0.2) is 0 Å². The van der Waals surface area contributed by atoms with Crippen molar-refractivity contribution >= 4 is 23.4 Å². The molecule has 7 heteroatoms. The van der Waals surface area contributed by atoms with Crippen LogP contribution in [0.25, 0.3) is 0 Å². The lowest BCUT2D eigenvalue weighted by Gasteiger charge is -2.09. The largest absolute Gasteiger partial charge is 0.497 e. The molecule has 2 aromatic rings.